The van der Waals surface area contributed by atoms with Gasteiger partial charge in [0, 0.05) is 12.1 Å². The van der Waals surface area contributed by atoms with E-state index < -0.39 is 0 Å². The third kappa shape index (κ3) is 6.63. The van der Waals surface area contributed by atoms with Gasteiger partial charge in [-0.15, -0.1) is 0 Å². The first-order chi connectivity index (χ1) is 9.61. The monoisotopic (exact) mass is 280 g/mol. The van der Waals surface area contributed by atoms with Gasteiger partial charge in [-0.05, 0) is 25.0 Å². The van der Waals surface area contributed by atoms with Crippen LogP contribution in [0.5, 0.6) is 11.5 Å². The standard InChI is InChI=1S/C8H14N2O2.C6H6O2/c11-6-9-8(12)10-7-4-2-1-3-5-7;7-5-2-1-3-6(8)4-5/h6-7H,1-5H2,(H2,9,10,11,12);1-4,7-8H. The number of benzene rings is 1. The Morgan fingerprint density at radius 3 is 2.20 bits per heavy atom. The predicted molar refractivity (Wildman–Crippen MR) is 74.4 cm³/mol. The number of carbonyl (C=O) groups excluding carboxylic acids is 2. The topological polar surface area (TPSA) is 98.7 Å². The smallest absolute Gasteiger partial charge is 0.321 e. The molecule has 2 rings (SSSR count). The lowest BCUT2D eigenvalue weighted by Gasteiger charge is -2.22. The molecule has 1 aromatic carbocycles. The molecule has 1 aliphatic carbocycles. The van der Waals surface area contributed by atoms with Crippen LogP contribution in [0.15, 0.2) is 24.3 Å². The Hall–Kier alpha value is -2.24. The van der Waals surface area contributed by atoms with E-state index in [0.29, 0.717) is 6.41 Å². The van der Waals surface area contributed by atoms with Crippen LogP contribution in [0.4, 0.5) is 4.79 Å². The normalized spacial score (nSPS) is 14.6. The highest BCUT2D eigenvalue weighted by Crippen LogP contribution is 2.17. The summed E-state index contributed by atoms with van der Waals surface area (Å²) in [5.74, 6) is 0.176. The van der Waals surface area contributed by atoms with Crippen LogP contribution in [-0.2, 0) is 4.79 Å². The molecule has 0 saturated heterocycles. The predicted octanol–water partition coefficient (Wildman–Crippen LogP) is 1.87. The minimum atomic E-state index is -0.378. The van der Waals surface area contributed by atoms with Gasteiger partial charge in [-0.3, -0.25) is 10.1 Å². The van der Waals surface area contributed by atoms with Gasteiger partial charge in [-0.25, -0.2) is 4.79 Å². The molecule has 0 heterocycles. The number of hydrogen-bond acceptors (Lipinski definition) is 4. The van der Waals surface area contributed by atoms with Crippen molar-refractivity contribution in [3.63, 3.8) is 0 Å². The van der Waals surface area contributed by atoms with Gasteiger partial charge in [-0.2, -0.15) is 0 Å². The van der Waals surface area contributed by atoms with Crippen LogP contribution in [0.2, 0.25) is 0 Å². The number of carbonyl (C=O) groups is 2. The Balaban J connectivity index is 0.000000217. The van der Waals surface area contributed by atoms with Gasteiger partial charge in [-0.1, -0.05) is 25.3 Å². The second-order valence-corrected chi connectivity index (χ2v) is 4.59. The fourth-order valence-corrected chi connectivity index (χ4v) is 2.02. The van der Waals surface area contributed by atoms with Crippen molar-refractivity contribution >= 4 is 12.4 Å². The van der Waals surface area contributed by atoms with Crippen molar-refractivity contribution in [2.24, 2.45) is 0 Å². The lowest BCUT2D eigenvalue weighted by atomic mass is 9.96. The Morgan fingerprint density at radius 1 is 1.15 bits per heavy atom. The Kier molecular flexibility index (Phi) is 6.95. The molecule has 1 saturated carbocycles. The van der Waals surface area contributed by atoms with Crippen LogP contribution >= 0.6 is 0 Å². The molecule has 0 unspecified atom stereocenters. The molecule has 0 radical (unpaired) electrons. The lowest BCUT2D eigenvalue weighted by molar-refractivity contribution is -0.108. The summed E-state index contributed by atoms with van der Waals surface area (Å²) >= 11 is 0. The van der Waals surface area contributed by atoms with Gasteiger partial charge in [0.05, 0.1) is 0 Å². The molecule has 1 fully saturated rings. The fraction of sp³-hybridized carbons (Fsp3) is 0.429. The zero-order chi connectivity index (χ0) is 14.8. The lowest BCUT2D eigenvalue weighted by Crippen LogP contribution is -2.42. The molecule has 0 aliphatic heterocycles. The number of aromatic hydroxyl groups is 2. The number of rotatable bonds is 2. The van der Waals surface area contributed by atoms with Gasteiger partial charge >= 0.3 is 6.03 Å². The summed E-state index contributed by atoms with van der Waals surface area (Å²) in [6.07, 6.45) is 6.07. The molecular formula is C14H20N2O4. The summed E-state index contributed by atoms with van der Waals surface area (Å²) < 4.78 is 0. The van der Waals surface area contributed by atoms with E-state index >= 15 is 0 Å². The molecule has 0 atom stereocenters. The SMILES string of the molecule is O=CNC(=O)NC1CCCCC1.Oc1cccc(O)c1. The largest absolute Gasteiger partial charge is 0.508 e. The van der Waals surface area contributed by atoms with Crippen molar-refractivity contribution in [3.8, 4) is 11.5 Å². The summed E-state index contributed by atoms with van der Waals surface area (Å²) in [4.78, 5) is 20.7. The Bertz CT molecular complexity index is 414. The maximum absolute atomic E-state index is 10.9. The van der Waals surface area contributed by atoms with Crippen LogP contribution in [0.25, 0.3) is 0 Å². The Labute approximate surface area is 117 Å². The summed E-state index contributed by atoms with van der Waals surface area (Å²) in [5, 5.41) is 22.1. The van der Waals surface area contributed by atoms with Crippen LogP contribution in [0.3, 0.4) is 0 Å². The average Bonchev–Trinajstić information content (AvgIpc) is 2.40. The number of urea groups is 1. The van der Waals surface area contributed by atoms with E-state index in [0.717, 1.165) is 12.8 Å². The van der Waals surface area contributed by atoms with E-state index in [4.69, 9.17) is 10.2 Å². The number of amides is 3. The van der Waals surface area contributed by atoms with Crippen LogP contribution in [0.1, 0.15) is 32.1 Å². The summed E-state index contributed by atoms with van der Waals surface area (Å²) in [7, 11) is 0. The second-order valence-electron chi connectivity index (χ2n) is 4.59. The first-order valence-corrected chi connectivity index (χ1v) is 6.60. The first kappa shape index (κ1) is 15.8. The van der Waals surface area contributed by atoms with Crippen LogP contribution in [0, 0.1) is 0 Å². The molecule has 0 aromatic heterocycles. The van der Waals surface area contributed by atoms with Crippen LogP contribution < -0.4 is 10.6 Å². The Morgan fingerprint density at radius 2 is 1.75 bits per heavy atom. The molecule has 20 heavy (non-hydrogen) atoms. The highest BCUT2D eigenvalue weighted by molar-refractivity contribution is 5.84. The average molecular weight is 280 g/mol. The van der Waals surface area contributed by atoms with Crippen molar-refractivity contribution in [3.05, 3.63) is 24.3 Å². The van der Waals surface area contributed by atoms with Gasteiger partial charge in [0.25, 0.3) is 0 Å². The minimum Gasteiger partial charge on any atom is -0.508 e. The molecule has 4 N–H and O–H groups in total. The zero-order valence-corrected chi connectivity index (χ0v) is 11.2. The van der Waals surface area contributed by atoms with Gasteiger partial charge < -0.3 is 15.5 Å². The number of imide groups is 1. The molecule has 1 aliphatic rings. The molecule has 110 valence electrons. The van der Waals surface area contributed by atoms with Crippen LogP contribution in [-0.4, -0.2) is 28.7 Å². The molecule has 1 aromatic rings. The molecule has 6 heteroatoms. The van der Waals surface area contributed by atoms with Crippen molar-refractivity contribution in [2.45, 2.75) is 38.1 Å². The fourth-order valence-electron chi connectivity index (χ4n) is 2.02. The third-order valence-corrected chi connectivity index (χ3v) is 2.96. The summed E-state index contributed by atoms with van der Waals surface area (Å²) in [5.41, 5.74) is 0. The van der Waals surface area contributed by atoms with Gasteiger partial charge in [0.15, 0.2) is 0 Å². The number of hydrogen-bond donors (Lipinski definition) is 4. The number of phenols is 2. The highest BCUT2D eigenvalue weighted by Gasteiger charge is 2.14. The van der Waals surface area contributed by atoms with Crippen molar-refractivity contribution in [1.82, 2.24) is 10.6 Å². The highest BCUT2D eigenvalue weighted by atomic mass is 16.3. The van der Waals surface area contributed by atoms with E-state index in [1.54, 1.807) is 6.07 Å². The van der Waals surface area contributed by atoms with Gasteiger partial charge in [0.2, 0.25) is 6.41 Å². The maximum Gasteiger partial charge on any atom is 0.321 e. The number of nitrogens with one attached hydrogen (secondary N) is 2. The van der Waals surface area contributed by atoms with E-state index in [-0.39, 0.29) is 23.6 Å². The minimum absolute atomic E-state index is 0.0880. The number of phenolic OH excluding ortho intramolecular Hbond substituents is 2. The van der Waals surface area contributed by atoms with Crippen molar-refractivity contribution in [1.29, 1.82) is 0 Å². The summed E-state index contributed by atoms with van der Waals surface area (Å²) in [6, 6.07) is 5.74. The maximum atomic E-state index is 10.9. The van der Waals surface area contributed by atoms with E-state index in [1.165, 1.54) is 37.5 Å². The molecular weight excluding hydrogens is 260 g/mol. The van der Waals surface area contributed by atoms with E-state index in [2.05, 4.69) is 10.6 Å². The van der Waals surface area contributed by atoms with Crippen molar-refractivity contribution < 1.29 is 19.8 Å². The molecule has 0 bridgehead atoms. The second kappa shape index (κ2) is 8.79. The summed E-state index contributed by atoms with van der Waals surface area (Å²) in [6.45, 7) is 0. The first-order valence-electron chi connectivity index (χ1n) is 6.60. The molecule has 6 nitrogen and oxygen atoms in total. The van der Waals surface area contributed by atoms with Crippen molar-refractivity contribution in [2.75, 3.05) is 0 Å². The molecule has 3 amide bonds. The van der Waals surface area contributed by atoms with E-state index in [9.17, 15) is 9.59 Å². The quantitative estimate of drug-likeness (QED) is 0.621. The van der Waals surface area contributed by atoms with E-state index in [1.807, 2.05) is 0 Å². The third-order valence-electron chi connectivity index (χ3n) is 2.96. The molecule has 0 spiro atoms. The van der Waals surface area contributed by atoms with Gasteiger partial charge in [0.1, 0.15) is 11.5 Å². The zero-order valence-electron chi connectivity index (χ0n) is 11.2.